The number of hydrogen-bond donors (Lipinski definition) is 1. The van der Waals surface area contributed by atoms with Crippen molar-refractivity contribution in [1.29, 1.82) is 0 Å². The van der Waals surface area contributed by atoms with E-state index in [0.717, 1.165) is 12.5 Å². The van der Waals surface area contributed by atoms with Gasteiger partial charge in [0.05, 0.1) is 0 Å². The van der Waals surface area contributed by atoms with Crippen molar-refractivity contribution in [3.63, 3.8) is 0 Å². The zero-order chi connectivity index (χ0) is 12.1. The summed E-state index contributed by atoms with van der Waals surface area (Å²) in [4.78, 5) is 0. The Morgan fingerprint density at radius 1 is 0.688 bits per heavy atom. The average Bonchev–Trinajstić information content (AvgIpc) is 2.31. The molecule has 2 N–H and O–H groups in total. The quantitative estimate of drug-likeness (QED) is 0.472. The van der Waals surface area contributed by atoms with Crippen molar-refractivity contribution in [2.75, 3.05) is 6.54 Å². The maximum Gasteiger partial charge on any atom is -0.00489 e. The van der Waals surface area contributed by atoms with Gasteiger partial charge in [0.1, 0.15) is 0 Å². The highest BCUT2D eigenvalue weighted by atomic mass is 14.5. The summed E-state index contributed by atoms with van der Waals surface area (Å²) in [6.45, 7) is 5.45. The predicted molar refractivity (Wildman–Crippen MR) is 74.7 cm³/mol. The van der Waals surface area contributed by atoms with Gasteiger partial charge in [-0.1, -0.05) is 71.6 Å². The molecule has 0 fully saturated rings. The van der Waals surface area contributed by atoms with Gasteiger partial charge in [-0.2, -0.15) is 0 Å². The van der Waals surface area contributed by atoms with Crippen molar-refractivity contribution >= 4 is 0 Å². The van der Waals surface area contributed by atoms with E-state index >= 15 is 0 Å². The summed E-state index contributed by atoms with van der Waals surface area (Å²) < 4.78 is 0. The molecule has 0 aliphatic rings. The standard InChI is InChI=1S/C15H33N/c1-3-5-7-8-9-11-13-15(14-16)12-10-6-4-2/h15H,3-14,16H2,1-2H3. The first-order valence-corrected chi connectivity index (χ1v) is 7.55. The summed E-state index contributed by atoms with van der Waals surface area (Å²) in [6, 6.07) is 0. The van der Waals surface area contributed by atoms with E-state index in [1.54, 1.807) is 0 Å². The van der Waals surface area contributed by atoms with Crippen molar-refractivity contribution in [2.24, 2.45) is 11.7 Å². The van der Waals surface area contributed by atoms with Gasteiger partial charge in [-0.15, -0.1) is 0 Å². The lowest BCUT2D eigenvalue weighted by atomic mass is 9.95. The number of unbranched alkanes of at least 4 members (excludes halogenated alkanes) is 7. The molecular formula is C15H33N. The van der Waals surface area contributed by atoms with Crippen LogP contribution < -0.4 is 5.73 Å². The van der Waals surface area contributed by atoms with Crippen LogP contribution in [0.2, 0.25) is 0 Å². The van der Waals surface area contributed by atoms with E-state index in [-0.39, 0.29) is 0 Å². The zero-order valence-electron chi connectivity index (χ0n) is 11.6. The second-order valence-electron chi connectivity index (χ2n) is 5.15. The van der Waals surface area contributed by atoms with Crippen LogP contribution in [0.15, 0.2) is 0 Å². The number of hydrogen-bond acceptors (Lipinski definition) is 1. The fourth-order valence-corrected chi connectivity index (χ4v) is 2.28. The fourth-order valence-electron chi connectivity index (χ4n) is 2.28. The van der Waals surface area contributed by atoms with E-state index in [1.165, 1.54) is 70.6 Å². The first-order chi connectivity index (χ1) is 7.85. The summed E-state index contributed by atoms with van der Waals surface area (Å²) in [5.41, 5.74) is 5.82. The van der Waals surface area contributed by atoms with Gasteiger partial charge in [0, 0.05) is 0 Å². The highest BCUT2D eigenvalue weighted by Gasteiger charge is 2.05. The summed E-state index contributed by atoms with van der Waals surface area (Å²) in [5, 5.41) is 0. The minimum Gasteiger partial charge on any atom is -0.330 e. The van der Waals surface area contributed by atoms with Crippen LogP contribution in [-0.2, 0) is 0 Å². The molecule has 0 saturated heterocycles. The van der Waals surface area contributed by atoms with Gasteiger partial charge in [-0.3, -0.25) is 0 Å². The Hall–Kier alpha value is -0.0400. The molecule has 0 amide bonds. The van der Waals surface area contributed by atoms with Crippen molar-refractivity contribution in [2.45, 2.75) is 84.5 Å². The number of rotatable bonds is 12. The molecule has 0 aliphatic heterocycles. The normalized spacial score (nSPS) is 12.9. The Morgan fingerprint density at radius 3 is 1.69 bits per heavy atom. The Morgan fingerprint density at radius 2 is 1.12 bits per heavy atom. The Bertz CT molecular complexity index is 123. The zero-order valence-corrected chi connectivity index (χ0v) is 11.6. The van der Waals surface area contributed by atoms with Crippen molar-refractivity contribution in [3.8, 4) is 0 Å². The Kier molecular flexibility index (Phi) is 13.0. The van der Waals surface area contributed by atoms with Crippen LogP contribution in [0.4, 0.5) is 0 Å². The third-order valence-electron chi connectivity index (χ3n) is 3.52. The van der Waals surface area contributed by atoms with Crippen molar-refractivity contribution in [3.05, 3.63) is 0 Å². The molecule has 1 unspecified atom stereocenters. The molecule has 0 aromatic rings. The fraction of sp³-hybridized carbons (Fsp3) is 1.00. The number of nitrogens with two attached hydrogens (primary N) is 1. The molecule has 0 radical (unpaired) electrons. The molecule has 0 rings (SSSR count). The van der Waals surface area contributed by atoms with Gasteiger partial charge >= 0.3 is 0 Å². The summed E-state index contributed by atoms with van der Waals surface area (Å²) >= 11 is 0. The van der Waals surface area contributed by atoms with Crippen molar-refractivity contribution < 1.29 is 0 Å². The SMILES string of the molecule is CCCCCCCCC(CN)CCCCC. The Balaban J connectivity index is 3.26. The lowest BCUT2D eigenvalue weighted by molar-refractivity contribution is 0.414. The van der Waals surface area contributed by atoms with E-state index in [2.05, 4.69) is 13.8 Å². The molecule has 0 aliphatic carbocycles. The molecule has 0 aromatic heterocycles. The maximum atomic E-state index is 5.82. The minimum atomic E-state index is 0.803. The molecular weight excluding hydrogens is 194 g/mol. The monoisotopic (exact) mass is 227 g/mol. The van der Waals surface area contributed by atoms with Crippen LogP contribution in [0.25, 0.3) is 0 Å². The van der Waals surface area contributed by atoms with E-state index in [9.17, 15) is 0 Å². The third-order valence-corrected chi connectivity index (χ3v) is 3.52. The largest absolute Gasteiger partial charge is 0.330 e. The van der Waals surface area contributed by atoms with E-state index < -0.39 is 0 Å². The molecule has 1 atom stereocenters. The third kappa shape index (κ3) is 10.5. The van der Waals surface area contributed by atoms with Gasteiger partial charge in [0.25, 0.3) is 0 Å². The van der Waals surface area contributed by atoms with E-state index in [1.807, 2.05) is 0 Å². The van der Waals surface area contributed by atoms with Crippen LogP contribution in [0.3, 0.4) is 0 Å². The minimum absolute atomic E-state index is 0.803. The smallest absolute Gasteiger partial charge is 0.00489 e. The lowest BCUT2D eigenvalue weighted by Gasteiger charge is -2.14. The summed E-state index contributed by atoms with van der Waals surface area (Å²) in [7, 11) is 0. The van der Waals surface area contributed by atoms with Crippen LogP contribution in [0.1, 0.15) is 84.5 Å². The van der Waals surface area contributed by atoms with E-state index in [0.29, 0.717) is 0 Å². The van der Waals surface area contributed by atoms with Gasteiger partial charge in [-0.25, -0.2) is 0 Å². The van der Waals surface area contributed by atoms with Crippen LogP contribution in [0.5, 0.6) is 0 Å². The first-order valence-electron chi connectivity index (χ1n) is 7.55. The first kappa shape index (κ1) is 16.0. The lowest BCUT2D eigenvalue weighted by Crippen LogP contribution is -2.14. The molecule has 0 aromatic carbocycles. The van der Waals surface area contributed by atoms with Crippen LogP contribution >= 0.6 is 0 Å². The molecule has 0 spiro atoms. The van der Waals surface area contributed by atoms with Crippen molar-refractivity contribution in [1.82, 2.24) is 0 Å². The molecule has 0 bridgehead atoms. The molecule has 1 nitrogen and oxygen atoms in total. The predicted octanol–water partition coefficient (Wildman–Crippen LogP) is 4.89. The molecule has 98 valence electrons. The van der Waals surface area contributed by atoms with Gasteiger partial charge in [0.15, 0.2) is 0 Å². The molecule has 1 heteroatoms. The highest BCUT2D eigenvalue weighted by molar-refractivity contribution is 4.60. The van der Waals surface area contributed by atoms with Gasteiger partial charge in [-0.05, 0) is 25.3 Å². The molecule has 16 heavy (non-hydrogen) atoms. The topological polar surface area (TPSA) is 26.0 Å². The highest BCUT2D eigenvalue weighted by Crippen LogP contribution is 2.17. The van der Waals surface area contributed by atoms with Gasteiger partial charge < -0.3 is 5.73 Å². The summed E-state index contributed by atoms with van der Waals surface area (Å²) in [6.07, 6.45) is 15.3. The van der Waals surface area contributed by atoms with Gasteiger partial charge in [0.2, 0.25) is 0 Å². The Labute approximate surface area is 103 Å². The van der Waals surface area contributed by atoms with Crippen LogP contribution in [-0.4, -0.2) is 6.54 Å². The second kappa shape index (κ2) is 13.0. The maximum absolute atomic E-state index is 5.82. The summed E-state index contributed by atoms with van der Waals surface area (Å²) in [5.74, 6) is 0.803. The van der Waals surface area contributed by atoms with E-state index in [4.69, 9.17) is 5.73 Å². The average molecular weight is 227 g/mol. The second-order valence-corrected chi connectivity index (χ2v) is 5.15. The molecule has 0 saturated carbocycles. The van der Waals surface area contributed by atoms with Crippen LogP contribution in [0, 0.1) is 5.92 Å². The molecule has 0 heterocycles.